The van der Waals surface area contributed by atoms with Gasteiger partial charge in [0, 0.05) is 6.20 Å². The molecule has 1 saturated carbocycles. The lowest BCUT2D eigenvalue weighted by Crippen LogP contribution is -2.36. The molecule has 2 heterocycles. The highest BCUT2D eigenvalue weighted by atomic mass is 19.3. The van der Waals surface area contributed by atoms with Crippen LogP contribution in [0.25, 0.3) is 10.9 Å². The molecule has 0 bridgehead atoms. The molecule has 5 nitrogen and oxygen atoms in total. The van der Waals surface area contributed by atoms with Crippen molar-refractivity contribution in [2.45, 2.75) is 31.7 Å². The Morgan fingerprint density at radius 1 is 1.40 bits per heavy atom. The Balaban J connectivity index is 2.37. The molecule has 0 radical (unpaired) electrons. The zero-order valence-electron chi connectivity index (χ0n) is 10.4. The Kier molecular flexibility index (Phi) is 2.54. The summed E-state index contributed by atoms with van der Waals surface area (Å²) in [5.41, 5.74) is -3.20. The molecule has 0 atom stereocenters. The number of hydrogen-bond donors (Lipinski definition) is 1. The topological polar surface area (TPSA) is 68.0 Å². The fraction of sp³-hybridized carbons (Fsp3) is 0.417. The average molecular weight is 285 g/mol. The number of aryl methyl sites for hydroxylation is 1. The van der Waals surface area contributed by atoms with Gasteiger partial charge >= 0.3 is 0 Å². The maximum atomic E-state index is 14.1. The lowest BCUT2D eigenvalue weighted by Gasteiger charge is -2.18. The largest absolute Gasteiger partial charge is 0.493 e. The van der Waals surface area contributed by atoms with E-state index in [-0.39, 0.29) is 29.6 Å². The minimum Gasteiger partial charge on any atom is -0.493 e. The van der Waals surface area contributed by atoms with E-state index >= 15 is 0 Å². The predicted octanol–water partition coefficient (Wildman–Crippen LogP) is 1.70. The molecular formula is C12H10F3N3O2. The van der Waals surface area contributed by atoms with Crippen LogP contribution in [-0.2, 0) is 5.54 Å². The van der Waals surface area contributed by atoms with Crippen molar-refractivity contribution < 1.29 is 18.3 Å². The van der Waals surface area contributed by atoms with Crippen LogP contribution in [0.2, 0.25) is 0 Å². The Morgan fingerprint density at radius 2 is 2.05 bits per heavy atom. The molecule has 1 aliphatic carbocycles. The molecule has 1 fully saturated rings. The molecule has 2 aromatic rings. The summed E-state index contributed by atoms with van der Waals surface area (Å²) in [4.78, 5) is 19.3. The van der Waals surface area contributed by atoms with Gasteiger partial charge in [0.1, 0.15) is 16.9 Å². The van der Waals surface area contributed by atoms with Gasteiger partial charge in [-0.3, -0.25) is 4.79 Å². The summed E-state index contributed by atoms with van der Waals surface area (Å²) in [6, 6.07) is 0. The number of fused-ring (bicyclic) bond motifs is 1. The van der Waals surface area contributed by atoms with Crippen LogP contribution in [0, 0.1) is 12.7 Å². The monoisotopic (exact) mass is 285 g/mol. The number of pyridine rings is 1. The van der Waals surface area contributed by atoms with E-state index in [0.717, 1.165) is 6.20 Å². The van der Waals surface area contributed by atoms with Gasteiger partial charge in [0.15, 0.2) is 0 Å². The molecule has 0 unspecified atom stereocenters. The molecule has 20 heavy (non-hydrogen) atoms. The summed E-state index contributed by atoms with van der Waals surface area (Å²) in [5, 5.41) is 9.54. The first-order valence-corrected chi connectivity index (χ1v) is 5.94. The van der Waals surface area contributed by atoms with Crippen molar-refractivity contribution in [1.82, 2.24) is 14.5 Å². The quantitative estimate of drug-likeness (QED) is 0.912. The van der Waals surface area contributed by atoms with E-state index in [1.807, 2.05) is 0 Å². The highest BCUT2D eigenvalue weighted by Gasteiger charge is 2.54. The van der Waals surface area contributed by atoms with Crippen LogP contribution in [0.4, 0.5) is 13.2 Å². The van der Waals surface area contributed by atoms with Crippen molar-refractivity contribution in [1.29, 1.82) is 0 Å². The van der Waals surface area contributed by atoms with E-state index in [2.05, 4.69) is 9.97 Å². The van der Waals surface area contributed by atoms with Gasteiger partial charge in [0.25, 0.3) is 12.0 Å². The van der Waals surface area contributed by atoms with Crippen LogP contribution >= 0.6 is 0 Å². The fourth-order valence-corrected chi connectivity index (χ4v) is 2.27. The van der Waals surface area contributed by atoms with Crippen molar-refractivity contribution in [3.05, 3.63) is 28.2 Å². The molecule has 8 heteroatoms. The third-order valence-corrected chi connectivity index (χ3v) is 3.56. The number of halogens is 3. The van der Waals surface area contributed by atoms with Crippen LogP contribution < -0.4 is 5.56 Å². The molecule has 2 aromatic heterocycles. The van der Waals surface area contributed by atoms with E-state index in [4.69, 9.17) is 0 Å². The first-order valence-electron chi connectivity index (χ1n) is 5.94. The zero-order chi connectivity index (χ0) is 14.7. The predicted molar refractivity (Wildman–Crippen MR) is 63.4 cm³/mol. The first-order chi connectivity index (χ1) is 9.36. The van der Waals surface area contributed by atoms with Crippen molar-refractivity contribution in [3.8, 4) is 5.88 Å². The lowest BCUT2D eigenvalue weighted by molar-refractivity contribution is 0.0648. The third kappa shape index (κ3) is 1.60. The van der Waals surface area contributed by atoms with Crippen LogP contribution in [-0.4, -0.2) is 26.1 Å². The second-order valence-corrected chi connectivity index (χ2v) is 4.88. The normalized spacial score (nSPS) is 16.9. The standard InChI is InChI=1S/C12H10F3N3O2/c1-5-16-8-6(9(19)17-5)4-18(10(20)7(8)13)12(2-3-12)11(14)15/h4,11H,2-3H2,1H3,(H,16,17,19). The Labute approximate surface area is 110 Å². The van der Waals surface area contributed by atoms with Crippen molar-refractivity contribution in [3.63, 3.8) is 0 Å². The number of alkyl halides is 2. The first kappa shape index (κ1) is 12.9. The SMILES string of the molecule is Cc1nc(O)c2cn(C3(C(F)F)CC3)c(=O)c(F)c2n1. The molecule has 0 aromatic carbocycles. The number of hydrogen-bond acceptors (Lipinski definition) is 4. The number of aromatic nitrogens is 3. The van der Waals surface area contributed by atoms with Crippen LogP contribution in [0.5, 0.6) is 5.88 Å². The molecule has 3 rings (SSSR count). The summed E-state index contributed by atoms with van der Waals surface area (Å²) < 4.78 is 40.8. The van der Waals surface area contributed by atoms with Gasteiger partial charge in [-0.05, 0) is 19.8 Å². The van der Waals surface area contributed by atoms with Crippen LogP contribution in [0.3, 0.4) is 0 Å². The van der Waals surface area contributed by atoms with Gasteiger partial charge in [-0.2, -0.15) is 9.37 Å². The summed E-state index contributed by atoms with van der Waals surface area (Å²) >= 11 is 0. The highest BCUT2D eigenvalue weighted by Crippen LogP contribution is 2.48. The average Bonchev–Trinajstić information content (AvgIpc) is 3.15. The second-order valence-electron chi connectivity index (χ2n) is 4.88. The summed E-state index contributed by atoms with van der Waals surface area (Å²) in [5.74, 6) is -1.71. The van der Waals surface area contributed by atoms with Crippen molar-refractivity contribution >= 4 is 10.9 Å². The zero-order valence-corrected chi connectivity index (χ0v) is 10.4. The van der Waals surface area contributed by atoms with Gasteiger partial charge < -0.3 is 9.67 Å². The van der Waals surface area contributed by atoms with Crippen molar-refractivity contribution in [2.75, 3.05) is 0 Å². The second kappa shape index (κ2) is 3.94. The van der Waals surface area contributed by atoms with Gasteiger partial charge in [0.2, 0.25) is 11.7 Å². The highest BCUT2D eigenvalue weighted by molar-refractivity contribution is 5.82. The fourth-order valence-electron chi connectivity index (χ4n) is 2.27. The molecular weight excluding hydrogens is 275 g/mol. The summed E-state index contributed by atoms with van der Waals surface area (Å²) in [7, 11) is 0. The molecule has 1 aliphatic rings. The van der Waals surface area contributed by atoms with Gasteiger partial charge in [-0.1, -0.05) is 0 Å². The third-order valence-electron chi connectivity index (χ3n) is 3.56. The number of nitrogens with zero attached hydrogens (tertiary/aromatic N) is 3. The van der Waals surface area contributed by atoms with E-state index in [1.54, 1.807) is 0 Å². The molecule has 0 spiro atoms. The Bertz CT molecular complexity index is 769. The van der Waals surface area contributed by atoms with Gasteiger partial charge in [0.05, 0.1) is 5.39 Å². The lowest BCUT2D eigenvalue weighted by atomic mass is 10.2. The van der Waals surface area contributed by atoms with E-state index < -0.39 is 29.2 Å². The van der Waals surface area contributed by atoms with E-state index in [1.165, 1.54) is 6.92 Å². The van der Waals surface area contributed by atoms with Crippen LogP contribution in [0.15, 0.2) is 11.0 Å². The summed E-state index contributed by atoms with van der Waals surface area (Å²) in [6.45, 7) is 1.42. The molecule has 0 amide bonds. The van der Waals surface area contributed by atoms with E-state index in [0.29, 0.717) is 4.57 Å². The van der Waals surface area contributed by atoms with Gasteiger partial charge in [-0.25, -0.2) is 13.8 Å². The molecule has 106 valence electrons. The molecule has 0 saturated heterocycles. The molecule has 1 N–H and O–H groups in total. The van der Waals surface area contributed by atoms with Crippen LogP contribution in [0.1, 0.15) is 18.7 Å². The summed E-state index contributed by atoms with van der Waals surface area (Å²) in [6.07, 6.45) is -1.61. The molecule has 0 aliphatic heterocycles. The Hall–Kier alpha value is -2.12. The smallest absolute Gasteiger partial charge is 0.289 e. The number of aromatic hydroxyl groups is 1. The van der Waals surface area contributed by atoms with Gasteiger partial charge in [-0.15, -0.1) is 0 Å². The maximum absolute atomic E-state index is 14.1. The van der Waals surface area contributed by atoms with Crippen molar-refractivity contribution in [2.24, 2.45) is 0 Å². The Morgan fingerprint density at radius 3 is 2.60 bits per heavy atom. The van der Waals surface area contributed by atoms with E-state index in [9.17, 15) is 23.1 Å². The minimum atomic E-state index is -2.79. The minimum absolute atomic E-state index is 0.0843. The maximum Gasteiger partial charge on any atom is 0.289 e. The number of rotatable bonds is 2.